The van der Waals surface area contributed by atoms with E-state index in [2.05, 4.69) is 15.6 Å². The quantitative estimate of drug-likeness (QED) is 0.789. The standard InChI is InChI=1S/C12H18FN3O/c1-3-15-12(17)4-5-16-9(2)10-6-11(13)8-14-7-10/h6-9,16H,3-5H2,1-2H3,(H,15,17). The van der Waals surface area contributed by atoms with Crippen molar-refractivity contribution in [1.82, 2.24) is 15.6 Å². The average Bonchev–Trinajstić information content (AvgIpc) is 2.29. The molecule has 0 aliphatic rings. The fourth-order valence-corrected chi connectivity index (χ4v) is 1.47. The Labute approximate surface area is 101 Å². The molecule has 1 aromatic rings. The number of nitrogens with zero attached hydrogens (tertiary/aromatic N) is 1. The molecular weight excluding hydrogens is 221 g/mol. The molecule has 1 amide bonds. The van der Waals surface area contributed by atoms with Gasteiger partial charge < -0.3 is 10.6 Å². The summed E-state index contributed by atoms with van der Waals surface area (Å²) in [5.74, 6) is -0.329. The van der Waals surface area contributed by atoms with Crippen molar-refractivity contribution in [2.75, 3.05) is 13.1 Å². The highest BCUT2D eigenvalue weighted by molar-refractivity contribution is 5.75. The van der Waals surface area contributed by atoms with Crippen LogP contribution in [0.5, 0.6) is 0 Å². The highest BCUT2D eigenvalue weighted by atomic mass is 19.1. The predicted octanol–water partition coefficient (Wildman–Crippen LogP) is 1.40. The lowest BCUT2D eigenvalue weighted by Crippen LogP contribution is -2.28. The maximum atomic E-state index is 12.9. The van der Waals surface area contributed by atoms with E-state index in [0.29, 0.717) is 19.5 Å². The smallest absolute Gasteiger partial charge is 0.221 e. The monoisotopic (exact) mass is 239 g/mol. The second-order valence-corrected chi connectivity index (χ2v) is 3.82. The molecule has 2 N–H and O–H groups in total. The number of carbonyl (C=O) groups is 1. The summed E-state index contributed by atoms with van der Waals surface area (Å²) in [6, 6.07) is 1.42. The van der Waals surface area contributed by atoms with Gasteiger partial charge in [-0.3, -0.25) is 9.78 Å². The molecule has 1 aromatic heterocycles. The minimum Gasteiger partial charge on any atom is -0.356 e. The first-order chi connectivity index (χ1) is 8.13. The molecule has 5 heteroatoms. The molecule has 17 heavy (non-hydrogen) atoms. The number of carbonyl (C=O) groups excluding carboxylic acids is 1. The van der Waals surface area contributed by atoms with Gasteiger partial charge in [0.1, 0.15) is 5.82 Å². The fraction of sp³-hybridized carbons (Fsp3) is 0.500. The van der Waals surface area contributed by atoms with Gasteiger partial charge in [-0.15, -0.1) is 0 Å². The van der Waals surface area contributed by atoms with Crippen LogP contribution < -0.4 is 10.6 Å². The third-order valence-corrected chi connectivity index (χ3v) is 2.40. The van der Waals surface area contributed by atoms with Gasteiger partial charge in [0, 0.05) is 31.7 Å². The third-order valence-electron chi connectivity index (χ3n) is 2.40. The van der Waals surface area contributed by atoms with Gasteiger partial charge in [0.25, 0.3) is 0 Å². The van der Waals surface area contributed by atoms with Gasteiger partial charge in [-0.2, -0.15) is 0 Å². The van der Waals surface area contributed by atoms with Crippen LogP contribution >= 0.6 is 0 Å². The first kappa shape index (κ1) is 13.6. The lowest BCUT2D eigenvalue weighted by Gasteiger charge is -2.13. The molecular formula is C12H18FN3O. The zero-order valence-corrected chi connectivity index (χ0v) is 10.2. The topological polar surface area (TPSA) is 54.0 Å². The molecule has 4 nitrogen and oxygen atoms in total. The SMILES string of the molecule is CCNC(=O)CCNC(C)c1cncc(F)c1. The molecule has 0 aliphatic heterocycles. The number of rotatable bonds is 6. The van der Waals surface area contributed by atoms with Gasteiger partial charge in [0.2, 0.25) is 5.91 Å². The summed E-state index contributed by atoms with van der Waals surface area (Å²) in [6.07, 6.45) is 3.21. The Morgan fingerprint density at radius 3 is 2.94 bits per heavy atom. The van der Waals surface area contributed by atoms with E-state index >= 15 is 0 Å². The van der Waals surface area contributed by atoms with Crippen molar-refractivity contribution >= 4 is 5.91 Å². The summed E-state index contributed by atoms with van der Waals surface area (Å²) in [4.78, 5) is 15.0. The molecule has 1 rings (SSSR count). The normalized spacial score (nSPS) is 12.2. The summed E-state index contributed by atoms with van der Waals surface area (Å²) in [5.41, 5.74) is 0.779. The van der Waals surface area contributed by atoms with Crippen molar-refractivity contribution in [3.05, 3.63) is 29.8 Å². The second kappa shape index (κ2) is 6.96. The first-order valence-corrected chi connectivity index (χ1v) is 5.74. The number of nitrogens with one attached hydrogen (secondary N) is 2. The third kappa shape index (κ3) is 4.91. The molecule has 0 aliphatic carbocycles. The van der Waals surface area contributed by atoms with E-state index in [1.165, 1.54) is 12.3 Å². The van der Waals surface area contributed by atoms with Crippen molar-refractivity contribution in [3.8, 4) is 0 Å². The number of hydrogen-bond donors (Lipinski definition) is 2. The van der Waals surface area contributed by atoms with E-state index in [1.807, 2.05) is 13.8 Å². The molecule has 1 heterocycles. The molecule has 94 valence electrons. The van der Waals surface area contributed by atoms with Crippen molar-refractivity contribution in [2.45, 2.75) is 26.3 Å². The Kier molecular flexibility index (Phi) is 5.56. The Morgan fingerprint density at radius 1 is 1.53 bits per heavy atom. The van der Waals surface area contributed by atoms with Crippen LogP contribution in [0.1, 0.15) is 31.9 Å². The predicted molar refractivity (Wildman–Crippen MR) is 63.9 cm³/mol. The maximum absolute atomic E-state index is 12.9. The number of amides is 1. The van der Waals surface area contributed by atoms with Crippen LogP contribution in [-0.4, -0.2) is 24.0 Å². The van der Waals surface area contributed by atoms with Crippen LogP contribution in [-0.2, 0) is 4.79 Å². The van der Waals surface area contributed by atoms with Gasteiger partial charge in [-0.1, -0.05) is 0 Å². The Morgan fingerprint density at radius 2 is 2.29 bits per heavy atom. The minimum atomic E-state index is -0.347. The van der Waals surface area contributed by atoms with E-state index in [4.69, 9.17) is 0 Å². The molecule has 0 saturated heterocycles. The van der Waals surface area contributed by atoms with E-state index in [0.717, 1.165) is 5.56 Å². The average molecular weight is 239 g/mol. The molecule has 0 radical (unpaired) electrons. The fourth-order valence-electron chi connectivity index (χ4n) is 1.47. The van der Waals surface area contributed by atoms with E-state index in [-0.39, 0.29) is 17.8 Å². The molecule has 0 bridgehead atoms. The van der Waals surface area contributed by atoms with Crippen LogP contribution in [0.2, 0.25) is 0 Å². The second-order valence-electron chi connectivity index (χ2n) is 3.82. The van der Waals surface area contributed by atoms with Crippen molar-refractivity contribution < 1.29 is 9.18 Å². The number of aromatic nitrogens is 1. The van der Waals surface area contributed by atoms with Gasteiger partial charge in [-0.05, 0) is 25.5 Å². The molecule has 0 aromatic carbocycles. The number of halogens is 1. The lowest BCUT2D eigenvalue weighted by molar-refractivity contribution is -0.120. The van der Waals surface area contributed by atoms with Crippen molar-refractivity contribution in [3.63, 3.8) is 0 Å². The molecule has 1 unspecified atom stereocenters. The Balaban J connectivity index is 2.35. The summed E-state index contributed by atoms with van der Waals surface area (Å²) in [6.45, 7) is 4.99. The molecule has 1 atom stereocenters. The summed E-state index contributed by atoms with van der Waals surface area (Å²) < 4.78 is 12.9. The van der Waals surface area contributed by atoms with Crippen LogP contribution in [0.3, 0.4) is 0 Å². The minimum absolute atomic E-state index is 0.0181. The van der Waals surface area contributed by atoms with Crippen LogP contribution in [0.25, 0.3) is 0 Å². The van der Waals surface area contributed by atoms with Crippen LogP contribution in [0, 0.1) is 5.82 Å². The summed E-state index contributed by atoms with van der Waals surface area (Å²) in [7, 11) is 0. The zero-order chi connectivity index (χ0) is 12.7. The number of pyridine rings is 1. The van der Waals surface area contributed by atoms with Crippen molar-refractivity contribution in [1.29, 1.82) is 0 Å². The zero-order valence-electron chi connectivity index (χ0n) is 10.2. The molecule has 0 saturated carbocycles. The maximum Gasteiger partial charge on any atom is 0.221 e. The Bertz CT molecular complexity index is 371. The van der Waals surface area contributed by atoms with Gasteiger partial charge in [0.15, 0.2) is 0 Å². The van der Waals surface area contributed by atoms with Crippen molar-refractivity contribution in [2.24, 2.45) is 0 Å². The van der Waals surface area contributed by atoms with Gasteiger partial charge >= 0.3 is 0 Å². The number of hydrogen-bond acceptors (Lipinski definition) is 3. The van der Waals surface area contributed by atoms with E-state index in [9.17, 15) is 9.18 Å². The largest absolute Gasteiger partial charge is 0.356 e. The molecule has 0 spiro atoms. The lowest BCUT2D eigenvalue weighted by atomic mass is 10.1. The van der Waals surface area contributed by atoms with Gasteiger partial charge in [0.05, 0.1) is 6.20 Å². The molecule has 0 fully saturated rings. The Hall–Kier alpha value is -1.49. The highest BCUT2D eigenvalue weighted by Crippen LogP contribution is 2.11. The first-order valence-electron chi connectivity index (χ1n) is 5.74. The van der Waals surface area contributed by atoms with Crippen LogP contribution in [0.4, 0.5) is 4.39 Å². The van der Waals surface area contributed by atoms with Crippen LogP contribution in [0.15, 0.2) is 18.5 Å². The summed E-state index contributed by atoms with van der Waals surface area (Å²) in [5, 5.41) is 5.86. The van der Waals surface area contributed by atoms with Gasteiger partial charge in [-0.25, -0.2) is 4.39 Å². The van der Waals surface area contributed by atoms with E-state index < -0.39 is 0 Å². The highest BCUT2D eigenvalue weighted by Gasteiger charge is 2.07. The van der Waals surface area contributed by atoms with E-state index in [1.54, 1.807) is 6.20 Å². The summed E-state index contributed by atoms with van der Waals surface area (Å²) >= 11 is 0.